The number of carbonyl (C=O) groups excluding carboxylic acids is 4. The summed E-state index contributed by atoms with van der Waals surface area (Å²) in [7, 11) is 0. The van der Waals surface area contributed by atoms with Crippen molar-refractivity contribution in [2.45, 2.75) is 124 Å². The maximum atomic E-state index is 14.3. The first kappa shape index (κ1) is 37.3. The number of rotatable bonds is 14. The molecule has 0 aliphatic heterocycles. The molecule has 3 atom stereocenters. The van der Waals surface area contributed by atoms with Crippen molar-refractivity contribution in [3.05, 3.63) is 71.3 Å². The highest BCUT2D eigenvalue weighted by Crippen LogP contribution is 2.25. The van der Waals surface area contributed by atoms with Gasteiger partial charge in [-0.3, -0.25) is 9.59 Å². The summed E-state index contributed by atoms with van der Waals surface area (Å²) >= 11 is 0. The molecule has 0 fully saturated rings. The molecule has 3 amide bonds. The second kappa shape index (κ2) is 17.0. The van der Waals surface area contributed by atoms with E-state index in [4.69, 9.17) is 9.47 Å². The Hall–Kier alpha value is -3.88. The summed E-state index contributed by atoms with van der Waals surface area (Å²) in [6, 6.07) is 13.7. The predicted octanol–water partition coefficient (Wildman–Crippen LogP) is 6.43. The van der Waals surface area contributed by atoms with Gasteiger partial charge in [0.1, 0.15) is 29.3 Å². The third kappa shape index (κ3) is 13.3. The first-order valence-corrected chi connectivity index (χ1v) is 15.9. The quantitative estimate of drug-likeness (QED) is 0.185. The lowest BCUT2D eigenvalue weighted by Gasteiger charge is -2.35. The number of alkyl carbamates (subject to hydrolysis) is 1. The van der Waals surface area contributed by atoms with Crippen molar-refractivity contribution in [2.24, 2.45) is 0 Å². The van der Waals surface area contributed by atoms with Gasteiger partial charge in [0.2, 0.25) is 11.8 Å². The smallest absolute Gasteiger partial charge is 0.408 e. The highest BCUT2D eigenvalue weighted by Gasteiger charge is 2.37. The van der Waals surface area contributed by atoms with Crippen LogP contribution in [0.5, 0.6) is 0 Å². The van der Waals surface area contributed by atoms with Crippen molar-refractivity contribution < 1.29 is 28.7 Å². The van der Waals surface area contributed by atoms with E-state index >= 15 is 0 Å². The molecule has 9 nitrogen and oxygen atoms in total. The second-order valence-electron chi connectivity index (χ2n) is 13.6. The fourth-order valence-electron chi connectivity index (χ4n) is 4.76. The van der Waals surface area contributed by atoms with Crippen molar-refractivity contribution in [1.29, 1.82) is 0 Å². The molecule has 0 aliphatic rings. The van der Waals surface area contributed by atoms with Gasteiger partial charge in [-0.15, -0.1) is 0 Å². The van der Waals surface area contributed by atoms with Gasteiger partial charge in [0, 0.05) is 13.0 Å². The number of carbonyl (C=O) groups is 4. The van der Waals surface area contributed by atoms with Crippen LogP contribution in [-0.4, -0.2) is 58.6 Å². The molecule has 9 heteroatoms. The minimum atomic E-state index is -1.07. The Morgan fingerprint density at radius 1 is 0.800 bits per heavy atom. The van der Waals surface area contributed by atoms with Crippen LogP contribution in [0, 0.1) is 6.92 Å². The average Bonchev–Trinajstić information content (AvgIpc) is 2.93. The number of nitrogens with zero attached hydrogens (tertiary/aromatic N) is 1. The molecule has 0 saturated heterocycles. The number of hydrogen-bond acceptors (Lipinski definition) is 6. The minimum Gasteiger partial charge on any atom is -0.458 e. The summed E-state index contributed by atoms with van der Waals surface area (Å²) in [5.74, 6) is -1.52. The van der Waals surface area contributed by atoms with Crippen molar-refractivity contribution >= 4 is 23.9 Å². The minimum absolute atomic E-state index is 0.211. The van der Waals surface area contributed by atoms with Gasteiger partial charge in [-0.05, 0) is 72.9 Å². The van der Waals surface area contributed by atoms with E-state index in [2.05, 4.69) is 17.6 Å². The largest absolute Gasteiger partial charge is 0.458 e. The topological polar surface area (TPSA) is 114 Å². The van der Waals surface area contributed by atoms with Crippen LogP contribution in [0.4, 0.5) is 4.79 Å². The highest BCUT2D eigenvalue weighted by molar-refractivity contribution is 5.93. The molecule has 3 unspecified atom stereocenters. The Labute approximate surface area is 269 Å². The number of amides is 3. The van der Waals surface area contributed by atoms with Crippen LogP contribution in [0.1, 0.15) is 104 Å². The number of ether oxygens (including phenoxy) is 2. The van der Waals surface area contributed by atoms with E-state index in [9.17, 15) is 19.2 Å². The van der Waals surface area contributed by atoms with Gasteiger partial charge in [0.15, 0.2) is 0 Å². The maximum absolute atomic E-state index is 14.3. The number of esters is 1. The first-order chi connectivity index (χ1) is 21.0. The van der Waals surface area contributed by atoms with Gasteiger partial charge in [0.05, 0.1) is 0 Å². The van der Waals surface area contributed by atoms with E-state index in [1.807, 2.05) is 61.5 Å². The van der Waals surface area contributed by atoms with Crippen LogP contribution in [0.25, 0.3) is 0 Å². The van der Waals surface area contributed by atoms with Crippen molar-refractivity contribution in [3.63, 3.8) is 0 Å². The highest BCUT2D eigenvalue weighted by atomic mass is 16.6. The number of nitrogens with one attached hydrogen (secondary N) is 2. The molecule has 2 N–H and O–H groups in total. The van der Waals surface area contributed by atoms with E-state index in [1.54, 1.807) is 48.5 Å². The molecule has 45 heavy (non-hydrogen) atoms. The molecule has 0 saturated carbocycles. The molecule has 2 rings (SSSR count). The average molecular weight is 624 g/mol. The zero-order chi connectivity index (χ0) is 33.8. The Kier molecular flexibility index (Phi) is 14.1. The summed E-state index contributed by atoms with van der Waals surface area (Å²) < 4.78 is 11.1. The molecule has 0 bridgehead atoms. The summed E-state index contributed by atoms with van der Waals surface area (Å²) in [5, 5.41) is 5.56. The van der Waals surface area contributed by atoms with E-state index in [0.29, 0.717) is 12.0 Å². The van der Waals surface area contributed by atoms with Crippen LogP contribution < -0.4 is 10.6 Å². The lowest BCUT2D eigenvalue weighted by Crippen LogP contribution is -2.54. The summed E-state index contributed by atoms with van der Waals surface area (Å²) in [6.07, 6.45) is 3.00. The monoisotopic (exact) mass is 623 g/mol. The van der Waals surface area contributed by atoms with Crippen molar-refractivity contribution in [2.75, 3.05) is 6.54 Å². The van der Waals surface area contributed by atoms with Gasteiger partial charge >= 0.3 is 12.1 Å². The van der Waals surface area contributed by atoms with E-state index < -0.39 is 53.2 Å². The second-order valence-corrected chi connectivity index (χ2v) is 13.6. The van der Waals surface area contributed by atoms with Gasteiger partial charge in [0.25, 0.3) is 0 Å². The number of benzene rings is 2. The zero-order valence-corrected chi connectivity index (χ0v) is 28.6. The van der Waals surface area contributed by atoms with Crippen LogP contribution in [0.3, 0.4) is 0 Å². The molecular weight excluding hydrogens is 570 g/mol. The van der Waals surface area contributed by atoms with Crippen molar-refractivity contribution in [3.8, 4) is 0 Å². The molecule has 0 radical (unpaired) electrons. The Bertz CT molecular complexity index is 1250. The molecule has 2 aromatic rings. The normalized spacial score (nSPS) is 13.6. The fraction of sp³-hybridized carbons (Fsp3) is 0.556. The van der Waals surface area contributed by atoms with Crippen LogP contribution in [0.2, 0.25) is 0 Å². The lowest BCUT2D eigenvalue weighted by atomic mass is 9.99. The Morgan fingerprint density at radius 2 is 1.40 bits per heavy atom. The third-order valence-electron chi connectivity index (χ3n) is 6.88. The number of aryl methyl sites for hydroxylation is 1. The van der Waals surface area contributed by atoms with Gasteiger partial charge in [-0.1, -0.05) is 86.3 Å². The number of hydrogen-bond donors (Lipinski definition) is 2. The van der Waals surface area contributed by atoms with Crippen molar-refractivity contribution in [1.82, 2.24) is 15.5 Å². The molecule has 0 aliphatic carbocycles. The molecule has 2 aromatic carbocycles. The van der Waals surface area contributed by atoms with Crippen LogP contribution in [0.15, 0.2) is 54.6 Å². The Balaban J connectivity index is 2.52. The third-order valence-corrected chi connectivity index (χ3v) is 6.88. The number of unbranched alkanes of at least 4 members (excludes halogenated alkanes) is 3. The van der Waals surface area contributed by atoms with Gasteiger partial charge < -0.3 is 25.0 Å². The molecular formula is C36H53N3O6. The van der Waals surface area contributed by atoms with Gasteiger partial charge in [-0.2, -0.15) is 0 Å². The maximum Gasteiger partial charge on any atom is 0.408 e. The summed E-state index contributed by atoms with van der Waals surface area (Å²) in [4.78, 5) is 55.9. The molecule has 248 valence electrons. The molecule has 0 heterocycles. The summed E-state index contributed by atoms with van der Waals surface area (Å²) in [5.41, 5.74) is 0.926. The Morgan fingerprint density at radius 3 is 1.96 bits per heavy atom. The molecule has 0 aromatic heterocycles. The van der Waals surface area contributed by atoms with E-state index in [1.165, 1.54) is 4.90 Å². The fourth-order valence-corrected chi connectivity index (χ4v) is 4.76. The SMILES string of the molecule is CCCCCCN(C(=O)C(C)NC(=O)OC(C)(C)C)C(C(=O)NC(Cc1ccccc1)C(=O)OC(C)(C)C)c1ccc(C)cc1. The van der Waals surface area contributed by atoms with E-state index in [0.717, 1.165) is 30.4 Å². The predicted molar refractivity (Wildman–Crippen MR) is 177 cm³/mol. The first-order valence-electron chi connectivity index (χ1n) is 15.9. The lowest BCUT2D eigenvalue weighted by molar-refractivity contribution is -0.159. The summed E-state index contributed by atoms with van der Waals surface area (Å²) in [6.45, 7) is 16.5. The van der Waals surface area contributed by atoms with Crippen LogP contribution >= 0.6 is 0 Å². The molecule has 0 spiro atoms. The van der Waals surface area contributed by atoms with E-state index in [-0.39, 0.29) is 13.0 Å². The van der Waals surface area contributed by atoms with Crippen LogP contribution in [-0.2, 0) is 30.3 Å². The standard InChI is InChI=1S/C36H53N3O6/c1-10-11-12-16-23-39(32(41)26(3)37-34(43)45-36(7,8)9)30(28-21-19-25(2)20-22-28)31(40)38-29(33(42)44-35(4,5)6)24-27-17-14-13-15-18-27/h13-15,17-22,26,29-30H,10-12,16,23-24H2,1-9H3,(H,37,43)(H,38,40). The zero-order valence-electron chi connectivity index (χ0n) is 28.6. The van der Waals surface area contributed by atoms with Gasteiger partial charge in [-0.25, -0.2) is 9.59 Å².